The van der Waals surface area contributed by atoms with E-state index in [-0.39, 0.29) is 0 Å². The molecule has 0 saturated carbocycles. The van der Waals surface area contributed by atoms with Crippen molar-refractivity contribution in [2.75, 3.05) is 0 Å². The Bertz CT molecular complexity index is 430. The van der Waals surface area contributed by atoms with Crippen LogP contribution >= 0.6 is 43.2 Å². The van der Waals surface area contributed by atoms with E-state index in [1.165, 1.54) is 11.3 Å². The molecule has 1 aromatic carbocycles. The minimum absolute atomic E-state index is 0.587. The molecule has 0 unspecified atom stereocenters. The van der Waals surface area contributed by atoms with E-state index >= 15 is 0 Å². The number of aromatic nitrogens is 1. The summed E-state index contributed by atoms with van der Waals surface area (Å²) in [5.41, 5.74) is 0. The number of hydrogen-bond donors (Lipinski definition) is 0. The summed E-state index contributed by atoms with van der Waals surface area (Å²) >= 11 is 8.16. The van der Waals surface area contributed by atoms with E-state index < -0.39 is 0 Å². The molecule has 14 heavy (non-hydrogen) atoms. The van der Waals surface area contributed by atoms with Crippen molar-refractivity contribution in [3.05, 3.63) is 38.7 Å². The highest BCUT2D eigenvalue weighted by Crippen LogP contribution is 2.35. The number of ether oxygens (including phenoxy) is 1. The molecule has 0 spiro atoms. The van der Waals surface area contributed by atoms with Gasteiger partial charge >= 0.3 is 0 Å². The lowest BCUT2D eigenvalue weighted by molar-refractivity contribution is 0.475. The molecular formula is C9H4Br2NOS. The van der Waals surface area contributed by atoms with Gasteiger partial charge in [0.05, 0.1) is 16.0 Å². The van der Waals surface area contributed by atoms with Crippen LogP contribution in [0.1, 0.15) is 0 Å². The van der Waals surface area contributed by atoms with Gasteiger partial charge in [0.25, 0.3) is 5.19 Å². The van der Waals surface area contributed by atoms with Gasteiger partial charge in [0.1, 0.15) is 5.75 Å². The van der Waals surface area contributed by atoms with Crippen LogP contribution < -0.4 is 4.74 Å². The van der Waals surface area contributed by atoms with E-state index in [0.29, 0.717) is 5.19 Å². The average Bonchev–Trinajstić information content (AvgIpc) is 2.66. The van der Waals surface area contributed by atoms with Gasteiger partial charge in [-0.3, -0.25) is 0 Å². The van der Waals surface area contributed by atoms with Crippen LogP contribution in [0.4, 0.5) is 0 Å². The Morgan fingerprint density at radius 2 is 2.21 bits per heavy atom. The third-order valence-electron chi connectivity index (χ3n) is 1.48. The standard InChI is InChI=1S/C9H4Br2NOS/c10-6-2-1-3-7(8(6)11)13-9-12-4-5-14-9/h1-4H. The predicted octanol–water partition coefficient (Wildman–Crippen LogP) is 4.26. The van der Waals surface area contributed by atoms with Crippen molar-refractivity contribution in [1.29, 1.82) is 0 Å². The minimum Gasteiger partial charge on any atom is -0.430 e. The fourth-order valence-electron chi connectivity index (χ4n) is 0.886. The van der Waals surface area contributed by atoms with Gasteiger partial charge in [0.15, 0.2) is 0 Å². The second-order valence-electron chi connectivity index (χ2n) is 2.40. The molecule has 0 atom stereocenters. The lowest BCUT2D eigenvalue weighted by Gasteiger charge is -2.04. The first kappa shape index (κ1) is 10.1. The summed E-state index contributed by atoms with van der Waals surface area (Å²) in [5, 5.41) is 3.45. The molecule has 0 bridgehead atoms. The maximum Gasteiger partial charge on any atom is 0.279 e. The summed E-state index contributed by atoms with van der Waals surface area (Å²) in [4.78, 5) is 3.99. The van der Waals surface area contributed by atoms with Crippen molar-refractivity contribution in [3.63, 3.8) is 0 Å². The van der Waals surface area contributed by atoms with Crippen LogP contribution in [0.3, 0.4) is 0 Å². The summed E-state index contributed by atoms with van der Waals surface area (Å²) in [6.45, 7) is 0. The summed E-state index contributed by atoms with van der Waals surface area (Å²) in [6.07, 6.45) is 1.59. The number of thiazole rings is 1. The number of rotatable bonds is 2. The summed E-state index contributed by atoms with van der Waals surface area (Å²) < 4.78 is 7.37. The van der Waals surface area contributed by atoms with Crippen LogP contribution in [0.5, 0.6) is 10.9 Å². The quantitative estimate of drug-likeness (QED) is 0.819. The van der Waals surface area contributed by atoms with Crippen molar-refractivity contribution in [1.82, 2.24) is 4.98 Å². The van der Waals surface area contributed by atoms with E-state index in [9.17, 15) is 0 Å². The molecule has 1 heterocycles. The van der Waals surface area contributed by atoms with E-state index in [1.54, 1.807) is 6.20 Å². The molecule has 5 heteroatoms. The first-order chi connectivity index (χ1) is 6.77. The zero-order chi connectivity index (χ0) is 9.97. The monoisotopic (exact) mass is 332 g/mol. The molecule has 71 valence electrons. The van der Waals surface area contributed by atoms with Crippen LogP contribution in [-0.4, -0.2) is 4.98 Å². The van der Waals surface area contributed by atoms with Crippen molar-refractivity contribution < 1.29 is 4.74 Å². The Morgan fingerprint density at radius 1 is 1.36 bits per heavy atom. The highest BCUT2D eigenvalue weighted by atomic mass is 79.9. The smallest absolute Gasteiger partial charge is 0.279 e. The summed E-state index contributed by atoms with van der Waals surface area (Å²) in [6, 6.07) is 5.71. The van der Waals surface area contributed by atoms with Gasteiger partial charge in [-0.1, -0.05) is 17.4 Å². The van der Waals surface area contributed by atoms with Gasteiger partial charge in [-0.05, 0) is 44.0 Å². The largest absolute Gasteiger partial charge is 0.430 e. The molecule has 0 fully saturated rings. The van der Waals surface area contributed by atoms with Crippen LogP contribution in [0, 0.1) is 5.38 Å². The van der Waals surface area contributed by atoms with Gasteiger partial charge in [-0.15, -0.1) is 0 Å². The number of hydrogen-bond acceptors (Lipinski definition) is 3. The van der Waals surface area contributed by atoms with E-state index in [2.05, 4.69) is 42.2 Å². The maximum atomic E-state index is 5.53. The molecule has 2 nitrogen and oxygen atoms in total. The van der Waals surface area contributed by atoms with Gasteiger partial charge < -0.3 is 4.74 Å². The molecule has 0 aliphatic heterocycles. The fraction of sp³-hybridized carbons (Fsp3) is 0. The fourth-order valence-corrected chi connectivity index (χ4v) is 2.02. The van der Waals surface area contributed by atoms with Gasteiger partial charge in [0.2, 0.25) is 0 Å². The molecule has 0 saturated heterocycles. The lowest BCUT2D eigenvalue weighted by atomic mass is 10.3. The molecule has 2 rings (SSSR count). The molecule has 0 N–H and O–H groups in total. The van der Waals surface area contributed by atoms with E-state index in [0.717, 1.165) is 14.7 Å². The topological polar surface area (TPSA) is 22.1 Å². The Morgan fingerprint density at radius 3 is 2.93 bits per heavy atom. The molecule has 1 radical (unpaired) electrons. The van der Waals surface area contributed by atoms with Crippen molar-refractivity contribution in [2.45, 2.75) is 0 Å². The molecule has 0 amide bonds. The zero-order valence-electron chi connectivity index (χ0n) is 6.83. The lowest BCUT2D eigenvalue weighted by Crippen LogP contribution is -1.84. The molecule has 1 aromatic heterocycles. The normalized spacial score (nSPS) is 10.1. The number of benzene rings is 1. The Hall–Kier alpha value is -0.390. The average molecular weight is 334 g/mol. The molecule has 0 aliphatic carbocycles. The highest BCUT2D eigenvalue weighted by Gasteiger charge is 2.06. The first-order valence-corrected chi connectivity index (χ1v) is 6.11. The molecule has 2 aromatic rings. The first-order valence-electron chi connectivity index (χ1n) is 3.71. The highest BCUT2D eigenvalue weighted by molar-refractivity contribution is 9.13. The van der Waals surface area contributed by atoms with Crippen LogP contribution in [0.25, 0.3) is 0 Å². The van der Waals surface area contributed by atoms with Crippen molar-refractivity contribution in [2.24, 2.45) is 0 Å². The SMILES string of the molecule is Brc1cccc(Oc2nc[c]s2)c1Br. The van der Waals surface area contributed by atoms with Crippen LogP contribution in [0.15, 0.2) is 33.3 Å². The van der Waals surface area contributed by atoms with Crippen LogP contribution in [0.2, 0.25) is 0 Å². The van der Waals surface area contributed by atoms with E-state index in [4.69, 9.17) is 4.74 Å². The van der Waals surface area contributed by atoms with Gasteiger partial charge in [0, 0.05) is 4.47 Å². The number of nitrogens with zero attached hydrogens (tertiary/aromatic N) is 1. The Balaban J connectivity index is 2.29. The van der Waals surface area contributed by atoms with Gasteiger partial charge in [-0.2, -0.15) is 0 Å². The third-order valence-corrected chi connectivity index (χ3v) is 4.08. The number of halogens is 2. The Labute approximate surface area is 102 Å². The predicted molar refractivity (Wildman–Crippen MR) is 62.9 cm³/mol. The second kappa shape index (κ2) is 4.42. The van der Waals surface area contributed by atoms with Gasteiger partial charge in [-0.25, -0.2) is 4.98 Å². The van der Waals surface area contributed by atoms with Crippen molar-refractivity contribution in [3.8, 4) is 10.9 Å². The van der Waals surface area contributed by atoms with Crippen LogP contribution in [-0.2, 0) is 0 Å². The Kier molecular flexibility index (Phi) is 3.20. The minimum atomic E-state index is 0.587. The zero-order valence-corrected chi connectivity index (χ0v) is 10.8. The maximum absolute atomic E-state index is 5.53. The third kappa shape index (κ3) is 2.16. The summed E-state index contributed by atoms with van der Waals surface area (Å²) in [7, 11) is 0. The summed E-state index contributed by atoms with van der Waals surface area (Å²) in [5.74, 6) is 0.739. The second-order valence-corrected chi connectivity index (χ2v) is 4.83. The molecule has 0 aliphatic rings. The molecular weight excluding hydrogens is 330 g/mol. The van der Waals surface area contributed by atoms with E-state index in [1.807, 2.05) is 18.2 Å². The van der Waals surface area contributed by atoms with Crippen molar-refractivity contribution >= 4 is 43.2 Å².